The minimum atomic E-state index is -0.926. The van der Waals surface area contributed by atoms with Gasteiger partial charge in [0.2, 0.25) is 0 Å². The summed E-state index contributed by atoms with van der Waals surface area (Å²) in [4.78, 5) is 16.3. The number of ether oxygens (including phenoxy) is 3. The van der Waals surface area contributed by atoms with Crippen LogP contribution in [0.25, 0.3) is 5.70 Å². The molecule has 4 rings (SSSR count). The second-order valence-corrected chi connectivity index (χ2v) is 7.89. The minimum absolute atomic E-state index is 0.145. The molecule has 0 radical (unpaired) electrons. The molecule has 0 aromatic heterocycles. The summed E-state index contributed by atoms with van der Waals surface area (Å²) in [5.41, 5.74) is 2.30. The molecule has 3 aliphatic heterocycles. The van der Waals surface area contributed by atoms with Gasteiger partial charge in [-0.25, -0.2) is 14.8 Å². The van der Waals surface area contributed by atoms with E-state index < -0.39 is 17.8 Å². The van der Waals surface area contributed by atoms with Crippen molar-refractivity contribution in [3.05, 3.63) is 47.8 Å². The topological polar surface area (TPSA) is 83.8 Å². The average Bonchev–Trinajstić information content (AvgIpc) is 3.23. The van der Waals surface area contributed by atoms with Crippen molar-refractivity contribution in [3.8, 4) is 5.75 Å². The first-order valence-electron chi connectivity index (χ1n) is 10.1. The predicted octanol–water partition coefficient (Wildman–Crippen LogP) is 2.88. The molecule has 8 heteroatoms. The highest BCUT2D eigenvalue weighted by molar-refractivity contribution is 6.06. The van der Waals surface area contributed by atoms with Crippen LogP contribution in [0, 0.1) is 0 Å². The fourth-order valence-electron chi connectivity index (χ4n) is 4.00. The molecule has 2 atom stereocenters. The van der Waals surface area contributed by atoms with Crippen molar-refractivity contribution in [3.63, 3.8) is 0 Å². The summed E-state index contributed by atoms with van der Waals surface area (Å²) in [6.45, 7) is 8.93. The van der Waals surface area contributed by atoms with Crippen LogP contribution in [0.1, 0.15) is 33.3 Å². The number of nitrogens with zero attached hydrogens (tertiary/aromatic N) is 3. The molecule has 0 saturated carbocycles. The molecule has 8 nitrogen and oxygen atoms in total. The number of carboxylic acid groups (broad SMARTS) is 1. The Morgan fingerprint density at radius 1 is 1.33 bits per heavy atom. The zero-order valence-electron chi connectivity index (χ0n) is 17.7. The lowest BCUT2D eigenvalue weighted by Gasteiger charge is -2.40. The zero-order valence-corrected chi connectivity index (χ0v) is 17.7. The Bertz CT molecular complexity index is 936. The van der Waals surface area contributed by atoms with Crippen LogP contribution in [0.2, 0.25) is 0 Å². The number of fused-ring (bicyclic) bond motifs is 1. The van der Waals surface area contributed by atoms with Crippen molar-refractivity contribution < 1.29 is 24.1 Å². The molecule has 160 valence electrons. The Balaban J connectivity index is 1.60. The largest absolute Gasteiger partial charge is 0.490 e. The Morgan fingerprint density at radius 2 is 2.10 bits per heavy atom. The van der Waals surface area contributed by atoms with Crippen molar-refractivity contribution in [2.45, 2.75) is 45.6 Å². The van der Waals surface area contributed by atoms with Crippen LogP contribution in [0.4, 0.5) is 0 Å². The smallest absolute Gasteiger partial charge is 0.334 e. The van der Waals surface area contributed by atoms with Crippen LogP contribution < -0.4 is 4.74 Å². The van der Waals surface area contributed by atoms with E-state index in [1.54, 1.807) is 11.9 Å². The van der Waals surface area contributed by atoms with E-state index in [1.807, 2.05) is 62.2 Å². The first-order valence-corrected chi connectivity index (χ1v) is 10.1. The summed E-state index contributed by atoms with van der Waals surface area (Å²) in [5.74, 6) is -0.192. The Labute approximate surface area is 176 Å². The highest BCUT2D eigenvalue weighted by Crippen LogP contribution is 2.37. The molecule has 3 aliphatic rings. The van der Waals surface area contributed by atoms with Gasteiger partial charge >= 0.3 is 5.97 Å². The lowest BCUT2D eigenvalue weighted by molar-refractivity contribution is -0.143. The molecular weight excluding hydrogens is 386 g/mol. The average molecular weight is 413 g/mol. The summed E-state index contributed by atoms with van der Waals surface area (Å²) >= 11 is 0. The second kappa shape index (κ2) is 7.77. The van der Waals surface area contributed by atoms with Gasteiger partial charge in [-0.1, -0.05) is 12.1 Å². The third kappa shape index (κ3) is 3.68. The van der Waals surface area contributed by atoms with Gasteiger partial charge < -0.3 is 19.3 Å². The van der Waals surface area contributed by atoms with E-state index in [-0.39, 0.29) is 6.10 Å². The third-order valence-electron chi connectivity index (χ3n) is 5.28. The van der Waals surface area contributed by atoms with E-state index in [2.05, 4.69) is 4.99 Å². The maximum Gasteiger partial charge on any atom is 0.334 e. The molecule has 0 aliphatic carbocycles. The summed E-state index contributed by atoms with van der Waals surface area (Å²) < 4.78 is 17.6. The number of hydrogen-bond acceptors (Lipinski definition) is 7. The van der Waals surface area contributed by atoms with Gasteiger partial charge in [-0.2, -0.15) is 0 Å². The van der Waals surface area contributed by atoms with Crippen LogP contribution in [-0.4, -0.2) is 64.5 Å². The van der Waals surface area contributed by atoms with Crippen LogP contribution in [0.15, 0.2) is 47.2 Å². The van der Waals surface area contributed by atoms with E-state index in [4.69, 9.17) is 14.2 Å². The number of carbonyl (C=O) groups is 1. The van der Waals surface area contributed by atoms with E-state index in [1.165, 1.54) is 0 Å². The molecule has 1 aromatic carbocycles. The first-order chi connectivity index (χ1) is 14.3. The van der Waals surface area contributed by atoms with Crippen LogP contribution in [0.3, 0.4) is 0 Å². The number of benzene rings is 1. The zero-order chi connectivity index (χ0) is 21.5. The summed E-state index contributed by atoms with van der Waals surface area (Å²) in [6, 6.07) is 6.91. The van der Waals surface area contributed by atoms with Gasteiger partial charge in [0.05, 0.1) is 18.0 Å². The lowest BCUT2D eigenvalue weighted by Crippen LogP contribution is -2.50. The highest BCUT2D eigenvalue weighted by atomic mass is 16.7. The number of aliphatic carboxylic acids is 1. The minimum Gasteiger partial charge on any atom is -0.490 e. The van der Waals surface area contributed by atoms with Crippen LogP contribution in [0.5, 0.6) is 5.75 Å². The SMILES string of the molecule is CCN1C(c2ccccc2OCC2COC(C)(C)O2)=CC=C2N=C(C)C(C(=O)O)N21. The maximum absolute atomic E-state index is 11.9. The number of allylic oxidation sites excluding steroid dienone is 2. The molecule has 1 saturated heterocycles. The molecule has 30 heavy (non-hydrogen) atoms. The summed E-state index contributed by atoms with van der Waals surface area (Å²) in [6.07, 6.45) is 3.66. The third-order valence-corrected chi connectivity index (χ3v) is 5.28. The standard InChI is InChI=1S/C22H27N3O5/c1-5-24-17(10-11-19-23-14(2)20(21(26)27)25(19)24)16-8-6-7-9-18(16)28-12-15-13-29-22(3,4)30-15/h6-11,15,20H,5,12-13H2,1-4H3,(H,26,27). The Kier molecular flexibility index (Phi) is 5.29. The molecule has 0 amide bonds. The number of hydrogen-bond donors (Lipinski definition) is 1. The fraction of sp³-hybridized carbons (Fsp3) is 0.455. The fourth-order valence-corrected chi connectivity index (χ4v) is 4.00. The maximum atomic E-state index is 11.9. The van der Waals surface area contributed by atoms with Crippen molar-refractivity contribution in [1.29, 1.82) is 0 Å². The molecule has 1 N–H and O–H groups in total. The molecule has 1 fully saturated rings. The number of rotatable bonds is 6. The van der Waals surface area contributed by atoms with Crippen molar-refractivity contribution >= 4 is 17.4 Å². The van der Waals surface area contributed by atoms with Gasteiger partial charge in [0.25, 0.3) is 0 Å². The molecule has 0 spiro atoms. The summed E-state index contributed by atoms with van der Waals surface area (Å²) in [5, 5.41) is 13.4. The predicted molar refractivity (Wildman–Crippen MR) is 112 cm³/mol. The Hall–Kier alpha value is -2.84. The van der Waals surface area contributed by atoms with Gasteiger partial charge in [-0.15, -0.1) is 0 Å². The quantitative estimate of drug-likeness (QED) is 0.768. The van der Waals surface area contributed by atoms with Crippen molar-refractivity contribution in [1.82, 2.24) is 10.0 Å². The number of carboxylic acids is 1. The van der Waals surface area contributed by atoms with E-state index in [0.29, 0.717) is 37.0 Å². The van der Waals surface area contributed by atoms with E-state index >= 15 is 0 Å². The normalized spacial score (nSPS) is 24.9. The Morgan fingerprint density at radius 3 is 2.77 bits per heavy atom. The van der Waals surface area contributed by atoms with Crippen molar-refractivity contribution in [2.75, 3.05) is 19.8 Å². The van der Waals surface area contributed by atoms with Gasteiger partial charge in [0.15, 0.2) is 11.8 Å². The molecular formula is C22H27N3O5. The van der Waals surface area contributed by atoms with Crippen LogP contribution >= 0.6 is 0 Å². The highest BCUT2D eigenvalue weighted by Gasteiger charge is 2.41. The monoisotopic (exact) mass is 413 g/mol. The lowest BCUT2D eigenvalue weighted by atomic mass is 10.1. The van der Waals surface area contributed by atoms with Gasteiger partial charge in [-0.05, 0) is 52.0 Å². The van der Waals surface area contributed by atoms with Gasteiger partial charge in [0.1, 0.15) is 24.3 Å². The first kappa shape index (κ1) is 20.4. The molecule has 3 heterocycles. The van der Waals surface area contributed by atoms with Crippen LogP contribution in [-0.2, 0) is 14.3 Å². The number of aliphatic imine (C=N–C) groups is 1. The van der Waals surface area contributed by atoms with Gasteiger partial charge in [-0.3, -0.25) is 5.01 Å². The van der Waals surface area contributed by atoms with Crippen molar-refractivity contribution in [2.24, 2.45) is 4.99 Å². The molecule has 0 bridgehead atoms. The molecule has 2 unspecified atom stereocenters. The molecule has 1 aromatic rings. The van der Waals surface area contributed by atoms with E-state index in [0.717, 1.165) is 11.3 Å². The number of para-hydroxylation sites is 1. The van der Waals surface area contributed by atoms with E-state index in [9.17, 15) is 9.90 Å². The summed E-state index contributed by atoms with van der Waals surface area (Å²) in [7, 11) is 0. The second-order valence-electron chi connectivity index (χ2n) is 7.89. The number of hydrazine groups is 1. The van der Waals surface area contributed by atoms with Gasteiger partial charge in [0, 0.05) is 12.1 Å².